The summed E-state index contributed by atoms with van der Waals surface area (Å²) < 4.78 is 13.2. The number of halogens is 2. The highest BCUT2D eigenvalue weighted by Crippen LogP contribution is 2.26. The second-order valence-corrected chi connectivity index (χ2v) is 4.78. The van der Waals surface area contributed by atoms with Crippen LogP contribution in [0.1, 0.15) is 23.7 Å². The van der Waals surface area contributed by atoms with Crippen LogP contribution in [0, 0.1) is 5.82 Å². The number of hydrogen-bond donors (Lipinski definition) is 1. The van der Waals surface area contributed by atoms with Crippen LogP contribution in [0.3, 0.4) is 0 Å². The summed E-state index contributed by atoms with van der Waals surface area (Å²) in [5, 5.41) is 9.79. The molecule has 1 aromatic carbocycles. The molecular formula is C12H13ClFNO2. The third kappa shape index (κ3) is 2.28. The van der Waals surface area contributed by atoms with Crippen molar-refractivity contribution in [1.29, 1.82) is 0 Å². The number of likely N-dealkylation sites (tertiary alicyclic amines) is 1. The van der Waals surface area contributed by atoms with E-state index >= 15 is 0 Å². The Morgan fingerprint density at radius 3 is 2.76 bits per heavy atom. The van der Waals surface area contributed by atoms with Crippen LogP contribution < -0.4 is 0 Å². The van der Waals surface area contributed by atoms with Crippen LogP contribution in [-0.4, -0.2) is 34.6 Å². The third-order valence-electron chi connectivity index (χ3n) is 3.08. The van der Waals surface area contributed by atoms with Crippen molar-refractivity contribution in [3.63, 3.8) is 0 Å². The van der Waals surface area contributed by atoms with Gasteiger partial charge in [-0.2, -0.15) is 0 Å². The highest BCUT2D eigenvalue weighted by Gasteiger charge is 2.42. The van der Waals surface area contributed by atoms with Crippen LogP contribution >= 0.6 is 11.6 Å². The van der Waals surface area contributed by atoms with Crippen LogP contribution in [0.15, 0.2) is 18.2 Å². The average molecular weight is 258 g/mol. The first kappa shape index (κ1) is 12.3. The molecule has 0 radical (unpaired) electrons. The van der Waals surface area contributed by atoms with E-state index in [-0.39, 0.29) is 16.5 Å². The van der Waals surface area contributed by atoms with E-state index in [2.05, 4.69) is 0 Å². The summed E-state index contributed by atoms with van der Waals surface area (Å²) in [6.45, 7) is 2.46. The van der Waals surface area contributed by atoms with Gasteiger partial charge in [0.15, 0.2) is 0 Å². The van der Waals surface area contributed by atoms with E-state index in [1.807, 2.05) is 6.92 Å². The molecule has 0 saturated carbocycles. The molecule has 1 saturated heterocycles. The lowest BCUT2D eigenvalue weighted by atomic mass is 9.90. The van der Waals surface area contributed by atoms with Crippen LogP contribution in [0.25, 0.3) is 0 Å². The molecule has 17 heavy (non-hydrogen) atoms. The summed E-state index contributed by atoms with van der Waals surface area (Å²) in [7, 11) is 0. The molecule has 3 nitrogen and oxygen atoms in total. The molecule has 0 atom stereocenters. The smallest absolute Gasteiger partial charge is 0.254 e. The Morgan fingerprint density at radius 1 is 1.59 bits per heavy atom. The maximum atomic E-state index is 13.2. The fourth-order valence-corrected chi connectivity index (χ4v) is 1.96. The van der Waals surface area contributed by atoms with E-state index in [9.17, 15) is 14.3 Å². The van der Waals surface area contributed by atoms with Crippen molar-refractivity contribution in [2.45, 2.75) is 18.9 Å². The average Bonchev–Trinajstić information content (AvgIpc) is 2.27. The van der Waals surface area contributed by atoms with Gasteiger partial charge in [-0.05, 0) is 24.6 Å². The lowest BCUT2D eigenvalue weighted by Crippen LogP contribution is -2.63. The topological polar surface area (TPSA) is 40.5 Å². The number of hydrogen-bond acceptors (Lipinski definition) is 2. The molecule has 1 fully saturated rings. The van der Waals surface area contributed by atoms with Crippen molar-refractivity contribution in [3.05, 3.63) is 34.6 Å². The predicted octanol–water partition coefficient (Wildman–Crippen LogP) is 2.08. The summed E-state index contributed by atoms with van der Waals surface area (Å²) in [4.78, 5) is 13.4. The minimum absolute atomic E-state index is 0.00442. The molecule has 92 valence electrons. The number of β-amino-alcohol motifs (C(OH)–C–C–N with tert-alkyl or cyclic N) is 1. The first-order chi connectivity index (χ1) is 7.95. The molecule has 0 unspecified atom stereocenters. The summed E-state index contributed by atoms with van der Waals surface area (Å²) in [5.74, 6) is -0.887. The molecule has 1 aliphatic heterocycles. The highest BCUT2D eigenvalue weighted by atomic mass is 35.5. The van der Waals surface area contributed by atoms with Gasteiger partial charge in [0.25, 0.3) is 5.91 Å². The van der Waals surface area contributed by atoms with Crippen LogP contribution in [-0.2, 0) is 0 Å². The van der Waals surface area contributed by atoms with Crippen LogP contribution in [0.4, 0.5) is 4.39 Å². The highest BCUT2D eigenvalue weighted by molar-refractivity contribution is 6.30. The standard InChI is InChI=1S/C12H13ClFNO2/c1-2-12(17)6-15(7-12)11(16)8-3-4-9(13)10(14)5-8/h3-5,17H,2,6-7H2,1H3. The Bertz CT molecular complexity index is 458. The second-order valence-electron chi connectivity index (χ2n) is 4.37. The Hall–Kier alpha value is -1.13. The van der Waals surface area contributed by atoms with Crippen molar-refractivity contribution in [2.75, 3.05) is 13.1 Å². The molecule has 5 heteroatoms. The van der Waals surface area contributed by atoms with Gasteiger partial charge in [0.05, 0.1) is 23.7 Å². The summed E-state index contributed by atoms with van der Waals surface area (Å²) in [5.41, 5.74) is -0.522. The van der Waals surface area contributed by atoms with E-state index in [1.165, 1.54) is 17.0 Å². The Kier molecular flexibility index (Phi) is 3.10. The van der Waals surface area contributed by atoms with Crippen molar-refractivity contribution < 1.29 is 14.3 Å². The zero-order valence-corrected chi connectivity index (χ0v) is 10.2. The lowest BCUT2D eigenvalue weighted by Gasteiger charge is -2.46. The van der Waals surface area contributed by atoms with Crippen molar-refractivity contribution >= 4 is 17.5 Å². The zero-order valence-electron chi connectivity index (χ0n) is 9.41. The summed E-state index contributed by atoms with van der Waals surface area (Å²) >= 11 is 5.54. The van der Waals surface area contributed by atoms with Gasteiger partial charge in [-0.1, -0.05) is 18.5 Å². The van der Waals surface area contributed by atoms with Crippen molar-refractivity contribution in [3.8, 4) is 0 Å². The monoisotopic (exact) mass is 257 g/mol. The van der Waals surface area contributed by atoms with Crippen LogP contribution in [0.2, 0.25) is 5.02 Å². The Labute approximate surface area is 104 Å². The minimum atomic E-state index is -0.777. The minimum Gasteiger partial charge on any atom is -0.386 e. The number of benzene rings is 1. The quantitative estimate of drug-likeness (QED) is 0.881. The molecule has 1 aromatic rings. The van der Waals surface area contributed by atoms with Crippen molar-refractivity contribution in [2.24, 2.45) is 0 Å². The number of carbonyl (C=O) groups excluding carboxylic acids is 1. The molecular weight excluding hydrogens is 245 g/mol. The molecule has 0 aliphatic carbocycles. The van der Waals surface area contributed by atoms with E-state index in [0.29, 0.717) is 19.5 Å². The second kappa shape index (κ2) is 4.27. The normalized spacial score (nSPS) is 17.8. The van der Waals surface area contributed by atoms with Crippen molar-refractivity contribution in [1.82, 2.24) is 4.90 Å². The number of nitrogens with zero attached hydrogens (tertiary/aromatic N) is 1. The zero-order chi connectivity index (χ0) is 12.6. The maximum Gasteiger partial charge on any atom is 0.254 e. The molecule has 2 rings (SSSR count). The molecule has 0 aromatic heterocycles. The SMILES string of the molecule is CCC1(O)CN(C(=O)c2ccc(Cl)c(F)c2)C1. The van der Waals surface area contributed by atoms with Gasteiger partial charge in [-0.25, -0.2) is 4.39 Å². The summed E-state index contributed by atoms with van der Waals surface area (Å²) in [6.07, 6.45) is 0.603. The first-order valence-electron chi connectivity index (χ1n) is 5.42. The number of rotatable bonds is 2. The fraction of sp³-hybridized carbons (Fsp3) is 0.417. The predicted molar refractivity (Wildman–Crippen MR) is 62.6 cm³/mol. The van der Waals surface area contributed by atoms with Gasteiger partial charge < -0.3 is 10.0 Å². The van der Waals surface area contributed by atoms with Gasteiger partial charge >= 0.3 is 0 Å². The molecule has 1 aliphatic rings. The Balaban J connectivity index is 2.09. The van der Waals surface area contributed by atoms with E-state index in [0.717, 1.165) is 6.07 Å². The molecule has 1 heterocycles. The fourth-order valence-electron chi connectivity index (χ4n) is 1.84. The van der Waals surface area contributed by atoms with Gasteiger partial charge in [0.1, 0.15) is 5.82 Å². The third-order valence-corrected chi connectivity index (χ3v) is 3.39. The van der Waals surface area contributed by atoms with E-state index < -0.39 is 11.4 Å². The lowest BCUT2D eigenvalue weighted by molar-refractivity contribution is -0.0826. The van der Waals surface area contributed by atoms with Gasteiger partial charge in [-0.3, -0.25) is 4.79 Å². The molecule has 0 bridgehead atoms. The first-order valence-corrected chi connectivity index (χ1v) is 5.80. The van der Waals surface area contributed by atoms with Gasteiger partial charge in [0, 0.05) is 5.56 Å². The Morgan fingerprint density at radius 2 is 2.24 bits per heavy atom. The number of amides is 1. The van der Waals surface area contributed by atoms with Gasteiger partial charge in [-0.15, -0.1) is 0 Å². The summed E-state index contributed by atoms with van der Waals surface area (Å²) in [6, 6.07) is 3.96. The van der Waals surface area contributed by atoms with E-state index in [4.69, 9.17) is 11.6 Å². The maximum absolute atomic E-state index is 13.2. The number of carbonyl (C=O) groups is 1. The molecule has 1 amide bonds. The molecule has 0 spiro atoms. The largest absolute Gasteiger partial charge is 0.386 e. The van der Waals surface area contributed by atoms with Crippen LogP contribution in [0.5, 0.6) is 0 Å². The number of aliphatic hydroxyl groups is 1. The van der Waals surface area contributed by atoms with Gasteiger partial charge in [0.2, 0.25) is 0 Å². The van der Waals surface area contributed by atoms with E-state index in [1.54, 1.807) is 0 Å². The molecule has 1 N–H and O–H groups in total.